The first-order chi connectivity index (χ1) is 12.0. The number of aromatic nitrogens is 6. The van der Waals surface area contributed by atoms with Gasteiger partial charge >= 0.3 is 6.03 Å². The van der Waals surface area contributed by atoms with Gasteiger partial charge in [0.15, 0.2) is 5.82 Å². The zero-order chi connectivity index (χ0) is 17.8. The number of carbonyl (C=O) groups excluding carboxylic acids is 1. The average molecular weight is 403 g/mol. The predicted molar refractivity (Wildman–Crippen MR) is 94.2 cm³/mol. The van der Waals surface area contributed by atoms with Crippen molar-refractivity contribution >= 4 is 27.6 Å². The van der Waals surface area contributed by atoms with Gasteiger partial charge in [0, 0.05) is 16.9 Å². The van der Waals surface area contributed by atoms with Gasteiger partial charge in [0.25, 0.3) is 5.95 Å². The first kappa shape index (κ1) is 17.0. The summed E-state index contributed by atoms with van der Waals surface area (Å²) in [5, 5.41) is 9.65. The lowest BCUT2D eigenvalue weighted by Crippen LogP contribution is -2.32. The van der Waals surface area contributed by atoms with Crippen molar-refractivity contribution in [2.75, 3.05) is 5.32 Å². The maximum Gasteiger partial charge on any atom is 0.319 e. The van der Waals surface area contributed by atoms with Crippen molar-refractivity contribution in [1.29, 1.82) is 0 Å². The van der Waals surface area contributed by atoms with Crippen LogP contribution >= 0.6 is 15.9 Å². The third kappa shape index (κ3) is 3.97. The molecule has 128 valence electrons. The van der Waals surface area contributed by atoms with Gasteiger partial charge in [-0.2, -0.15) is 9.78 Å². The Kier molecular flexibility index (Phi) is 4.98. The smallest absolute Gasteiger partial charge is 0.319 e. The van der Waals surface area contributed by atoms with Crippen LogP contribution < -0.4 is 10.6 Å². The molecule has 10 heteroatoms. The van der Waals surface area contributed by atoms with Crippen molar-refractivity contribution in [3.8, 4) is 5.95 Å². The Morgan fingerprint density at radius 3 is 2.72 bits per heavy atom. The Morgan fingerprint density at radius 2 is 2.00 bits per heavy atom. The molecular formula is C15H15BrN8O. The van der Waals surface area contributed by atoms with Gasteiger partial charge in [0.2, 0.25) is 0 Å². The number of nitrogens with zero attached hydrogens (tertiary/aromatic N) is 6. The van der Waals surface area contributed by atoms with Crippen LogP contribution in [0.4, 0.5) is 10.5 Å². The topological polar surface area (TPSA) is 111 Å². The molecular weight excluding hydrogens is 388 g/mol. The van der Waals surface area contributed by atoms with E-state index in [2.05, 4.69) is 51.6 Å². The van der Waals surface area contributed by atoms with Gasteiger partial charge in [-0.25, -0.2) is 19.7 Å². The van der Waals surface area contributed by atoms with Crippen LogP contribution in [0.1, 0.15) is 24.5 Å². The quantitative estimate of drug-likeness (QED) is 0.692. The average Bonchev–Trinajstić information content (AvgIpc) is 3.09. The molecule has 3 aromatic heterocycles. The van der Waals surface area contributed by atoms with Crippen molar-refractivity contribution in [2.24, 2.45) is 0 Å². The molecule has 0 fully saturated rings. The Hall–Kier alpha value is -2.88. The van der Waals surface area contributed by atoms with Crippen molar-refractivity contribution in [3.05, 3.63) is 53.0 Å². The standard InChI is InChI=1S/C15H15BrN8O/c1-9-12(16)6-11(7-19-9)23-15(25)22-10(2)13-20-8-21-24(13)14-17-4-3-5-18-14/h3-8,10H,1-2H3,(H2,22,23,25). The Balaban J connectivity index is 1.70. The maximum absolute atomic E-state index is 12.2. The van der Waals surface area contributed by atoms with Crippen LogP contribution in [0.25, 0.3) is 5.95 Å². The number of carbonyl (C=O) groups is 1. The normalized spacial score (nSPS) is 11.8. The van der Waals surface area contributed by atoms with E-state index in [1.165, 1.54) is 11.0 Å². The number of nitrogens with one attached hydrogen (secondary N) is 2. The molecule has 1 atom stereocenters. The number of pyridine rings is 1. The first-order valence-corrected chi connectivity index (χ1v) is 8.21. The van der Waals surface area contributed by atoms with Crippen LogP contribution in [-0.2, 0) is 0 Å². The van der Waals surface area contributed by atoms with Crippen LogP contribution in [0.3, 0.4) is 0 Å². The fourth-order valence-electron chi connectivity index (χ4n) is 2.10. The fraction of sp³-hybridized carbons (Fsp3) is 0.200. The number of aryl methyl sites for hydroxylation is 1. The fourth-order valence-corrected chi connectivity index (χ4v) is 2.45. The summed E-state index contributed by atoms with van der Waals surface area (Å²) in [4.78, 5) is 28.9. The highest BCUT2D eigenvalue weighted by atomic mass is 79.9. The van der Waals surface area contributed by atoms with Crippen molar-refractivity contribution < 1.29 is 4.79 Å². The Morgan fingerprint density at radius 1 is 1.24 bits per heavy atom. The number of amides is 2. The number of rotatable bonds is 4. The summed E-state index contributed by atoms with van der Waals surface area (Å²) in [7, 11) is 0. The van der Waals surface area contributed by atoms with E-state index in [0.717, 1.165) is 10.2 Å². The first-order valence-electron chi connectivity index (χ1n) is 7.41. The van der Waals surface area contributed by atoms with Gasteiger partial charge in [0.1, 0.15) is 6.33 Å². The molecule has 0 aliphatic heterocycles. The maximum atomic E-state index is 12.2. The summed E-state index contributed by atoms with van der Waals surface area (Å²) < 4.78 is 2.30. The van der Waals surface area contributed by atoms with E-state index in [1.807, 2.05) is 6.92 Å². The molecule has 3 aromatic rings. The van der Waals surface area contributed by atoms with E-state index < -0.39 is 6.04 Å². The van der Waals surface area contributed by atoms with Gasteiger partial charge in [0.05, 0.1) is 23.6 Å². The zero-order valence-electron chi connectivity index (χ0n) is 13.5. The minimum absolute atomic E-state index is 0.381. The molecule has 3 heterocycles. The molecule has 2 N–H and O–H groups in total. The Bertz CT molecular complexity index is 882. The summed E-state index contributed by atoms with van der Waals surface area (Å²) >= 11 is 3.38. The van der Waals surface area contributed by atoms with E-state index in [0.29, 0.717) is 17.5 Å². The number of halogens is 1. The lowest BCUT2D eigenvalue weighted by Gasteiger charge is -2.14. The molecule has 0 aliphatic rings. The molecule has 1 unspecified atom stereocenters. The molecule has 9 nitrogen and oxygen atoms in total. The summed E-state index contributed by atoms with van der Waals surface area (Å²) in [6.45, 7) is 3.67. The molecule has 0 radical (unpaired) electrons. The lowest BCUT2D eigenvalue weighted by atomic mass is 10.3. The summed E-state index contributed by atoms with van der Waals surface area (Å²) in [5.74, 6) is 0.903. The van der Waals surface area contributed by atoms with Crippen molar-refractivity contribution in [1.82, 2.24) is 35.0 Å². The predicted octanol–water partition coefficient (Wildman–Crippen LogP) is 2.41. The molecule has 0 saturated heterocycles. The monoisotopic (exact) mass is 402 g/mol. The third-order valence-electron chi connectivity index (χ3n) is 3.33. The van der Waals surface area contributed by atoms with Crippen LogP contribution in [-0.4, -0.2) is 35.7 Å². The minimum atomic E-state index is -0.409. The highest BCUT2D eigenvalue weighted by Gasteiger charge is 2.18. The molecule has 0 aromatic carbocycles. The molecule has 0 aliphatic carbocycles. The highest BCUT2D eigenvalue weighted by Crippen LogP contribution is 2.18. The lowest BCUT2D eigenvalue weighted by molar-refractivity contribution is 0.248. The molecule has 0 saturated carbocycles. The second kappa shape index (κ2) is 7.34. The molecule has 0 spiro atoms. The van der Waals surface area contributed by atoms with Crippen LogP contribution in [0, 0.1) is 6.92 Å². The second-order valence-corrected chi connectivity index (χ2v) is 6.04. The summed E-state index contributed by atoms with van der Waals surface area (Å²) in [6, 6.07) is 2.71. The number of anilines is 1. The highest BCUT2D eigenvalue weighted by molar-refractivity contribution is 9.10. The largest absolute Gasteiger partial charge is 0.328 e. The number of hydrogen-bond donors (Lipinski definition) is 2. The number of hydrogen-bond acceptors (Lipinski definition) is 6. The van der Waals surface area contributed by atoms with E-state index >= 15 is 0 Å². The Labute approximate surface area is 152 Å². The second-order valence-electron chi connectivity index (χ2n) is 5.19. The van der Waals surface area contributed by atoms with E-state index in [9.17, 15) is 4.79 Å². The molecule has 25 heavy (non-hydrogen) atoms. The molecule has 2 amide bonds. The summed E-state index contributed by atoms with van der Waals surface area (Å²) in [6.07, 6.45) is 6.20. The van der Waals surface area contributed by atoms with Gasteiger partial charge < -0.3 is 10.6 Å². The summed E-state index contributed by atoms with van der Waals surface area (Å²) in [5.41, 5.74) is 1.42. The van der Waals surface area contributed by atoms with Crippen LogP contribution in [0.5, 0.6) is 0 Å². The van der Waals surface area contributed by atoms with Gasteiger partial charge in [-0.3, -0.25) is 4.98 Å². The zero-order valence-corrected chi connectivity index (χ0v) is 15.1. The van der Waals surface area contributed by atoms with Gasteiger partial charge in [-0.15, -0.1) is 0 Å². The van der Waals surface area contributed by atoms with Crippen molar-refractivity contribution in [2.45, 2.75) is 19.9 Å². The molecule has 0 bridgehead atoms. The third-order valence-corrected chi connectivity index (χ3v) is 4.14. The number of urea groups is 1. The van der Waals surface area contributed by atoms with Gasteiger partial charge in [-0.1, -0.05) is 0 Å². The van der Waals surface area contributed by atoms with Crippen LogP contribution in [0.2, 0.25) is 0 Å². The SMILES string of the molecule is Cc1ncc(NC(=O)NC(C)c2ncnn2-c2ncccn2)cc1Br. The minimum Gasteiger partial charge on any atom is -0.328 e. The molecule has 3 rings (SSSR count). The van der Waals surface area contributed by atoms with Gasteiger partial charge in [-0.05, 0) is 41.9 Å². The van der Waals surface area contributed by atoms with Crippen LogP contribution in [0.15, 0.2) is 41.5 Å². The van der Waals surface area contributed by atoms with E-state index in [1.54, 1.807) is 37.6 Å². The van der Waals surface area contributed by atoms with Crippen molar-refractivity contribution in [3.63, 3.8) is 0 Å². The van der Waals surface area contributed by atoms with E-state index in [-0.39, 0.29) is 6.03 Å². The van der Waals surface area contributed by atoms with E-state index in [4.69, 9.17) is 0 Å².